The van der Waals surface area contributed by atoms with Crippen LogP contribution < -0.4 is 0 Å². The summed E-state index contributed by atoms with van der Waals surface area (Å²) in [5.74, 6) is 0.206. The maximum atomic E-state index is 13.0. The number of ether oxygens (including phenoxy) is 1. The van der Waals surface area contributed by atoms with Crippen molar-refractivity contribution in [2.24, 2.45) is 5.92 Å². The molecule has 0 radical (unpaired) electrons. The Balaban J connectivity index is 2.15. The van der Waals surface area contributed by atoms with Crippen molar-refractivity contribution in [1.29, 1.82) is 0 Å². The van der Waals surface area contributed by atoms with E-state index in [0.29, 0.717) is 0 Å². The second-order valence-electron chi connectivity index (χ2n) is 14.7. The van der Waals surface area contributed by atoms with Crippen molar-refractivity contribution in [3.8, 4) is 0 Å². The van der Waals surface area contributed by atoms with Crippen LogP contribution in [0, 0.1) is 5.92 Å². The summed E-state index contributed by atoms with van der Waals surface area (Å²) >= 11 is 0. The molecule has 0 aromatic rings. The van der Waals surface area contributed by atoms with Gasteiger partial charge in [0, 0.05) is 0 Å². The van der Waals surface area contributed by atoms with Gasteiger partial charge in [-0.15, -0.1) is 0 Å². The van der Waals surface area contributed by atoms with Gasteiger partial charge in [-0.1, -0.05) is 147 Å². The molecule has 0 amide bonds. The molecule has 0 N–H and O–H groups in total. The molecule has 1 fully saturated rings. The van der Waals surface area contributed by atoms with Crippen LogP contribution in [0.3, 0.4) is 0 Å². The molecule has 1 aliphatic heterocycles. The lowest BCUT2D eigenvalue weighted by molar-refractivity contribution is -0.156. The van der Waals surface area contributed by atoms with E-state index in [-0.39, 0.29) is 18.0 Å². The first-order valence-electron chi connectivity index (χ1n) is 21.0. The molecule has 1 aliphatic rings. The first-order valence-corrected chi connectivity index (χ1v) is 21.0. The minimum absolute atomic E-state index is 0.0905. The van der Waals surface area contributed by atoms with E-state index in [0.717, 1.165) is 45.2 Å². The zero-order valence-electron chi connectivity index (χ0n) is 32.0. The smallest absolute Gasteiger partial charge is 0.309 e. The van der Waals surface area contributed by atoms with E-state index < -0.39 is 0 Å². The Labute approximate surface area is 294 Å². The van der Waals surface area contributed by atoms with Gasteiger partial charge in [0.25, 0.3) is 0 Å². The first-order chi connectivity index (χ1) is 23.2. The molecule has 1 rings (SSSR count). The molecule has 0 aromatic carbocycles. The van der Waals surface area contributed by atoms with Crippen LogP contribution in [0.4, 0.5) is 0 Å². The lowest BCUT2D eigenvalue weighted by Crippen LogP contribution is -2.35. The highest BCUT2D eigenvalue weighted by Gasteiger charge is 2.26. The van der Waals surface area contributed by atoms with E-state index in [1.807, 2.05) is 0 Å². The molecule has 274 valence electrons. The molecule has 3 nitrogen and oxygen atoms in total. The quantitative estimate of drug-likeness (QED) is 0.0400. The summed E-state index contributed by atoms with van der Waals surface area (Å²) in [6.45, 7) is 6.59. The summed E-state index contributed by atoms with van der Waals surface area (Å²) in [5, 5.41) is 0. The molecule has 3 heteroatoms. The monoisotopic (exact) mass is 656 g/mol. The second kappa shape index (κ2) is 34.5. The van der Waals surface area contributed by atoms with Gasteiger partial charge in [0.15, 0.2) is 0 Å². The van der Waals surface area contributed by atoms with Crippen LogP contribution in [0.2, 0.25) is 0 Å². The Morgan fingerprint density at radius 1 is 0.553 bits per heavy atom. The number of carbonyl (C=O) groups is 1. The summed E-state index contributed by atoms with van der Waals surface area (Å²) in [4.78, 5) is 15.3. The molecule has 1 unspecified atom stereocenters. The predicted molar refractivity (Wildman–Crippen MR) is 208 cm³/mol. The summed E-state index contributed by atoms with van der Waals surface area (Å²) in [6, 6.07) is 0. The van der Waals surface area contributed by atoms with Gasteiger partial charge >= 0.3 is 5.97 Å². The van der Waals surface area contributed by atoms with E-state index in [2.05, 4.69) is 62.3 Å². The van der Waals surface area contributed by atoms with Crippen molar-refractivity contribution in [2.75, 3.05) is 20.1 Å². The zero-order valence-corrected chi connectivity index (χ0v) is 32.0. The number of esters is 1. The van der Waals surface area contributed by atoms with Gasteiger partial charge in [0.1, 0.15) is 6.10 Å². The number of nitrogens with zero attached hydrogens (tertiary/aromatic N) is 1. The first kappa shape index (κ1) is 43.7. The topological polar surface area (TPSA) is 29.5 Å². The van der Waals surface area contributed by atoms with Crippen LogP contribution in [0.15, 0.2) is 36.5 Å². The van der Waals surface area contributed by atoms with Crippen molar-refractivity contribution in [3.05, 3.63) is 36.5 Å². The Morgan fingerprint density at radius 3 is 1.38 bits per heavy atom. The third-order valence-electron chi connectivity index (χ3n) is 10.1. The fourth-order valence-corrected chi connectivity index (χ4v) is 6.75. The number of hydrogen-bond acceptors (Lipinski definition) is 3. The molecule has 0 bridgehead atoms. The van der Waals surface area contributed by atoms with Crippen molar-refractivity contribution in [2.45, 2.75) is 213 Å². The van der Waals surface area contributed by atoms with Crippen LogP contribution in [0.5, 0.6) is 0 Å². The summed E-state index contributed by atoms with van der Waals surface area (Å²) < 4.78 is 6.20. The number of likely N-dealkylation sites (tertiary alicyclic amines) is 1. The fourth-order valence-electron chi connectivity index (χ4n) is 6.75. The number of rotatable bonds is 33. The maximum absolute atomic E-state index is 13.0. The van der Waals surface area contributed by atoms with Gasteiger partial charge in [-0.3, -0.25) is 4.79 Å². The molecule has 0 aromatic heterocycles. The minimum atomic E-state index is 0.0905. The Morgan fingerprint density at radius 2 is 0.915 bits per heavy atom. The third kappa shape index (κ3) is 29.3. The van der Waals surface area contributed by atoms with Crippen molar-refractivity contribution >= 4 is 5.97 Å². The van der Waals surface area contributed by atoms with Crippen molar-refractivity contribution in [1.82, 2.24) is 4.90 Å². The van der Waals surface area contributed by atoms with Gasteiger partial charge in [-0.2, -0.15) is 0 Å². The standard InChI is InChI=1S/C44H81NO2/c1-4-6-8-10-12-14-16-18-20-22-24-26-28-30-32-34-36-43(47-44(46)42-38-40-45(3)41-39-42)37-35-33-31-29-27-25-23-21-19-17-15-13-11-9-7-5-2/h12,14,18-21,42-43H,4-11,13,15-17,22-41H2,1-3H3/b14-12-,20-18-,21-19-. The van der Waals surface area contributed by atoms with Crippen LogP contribution >= 0.6 is 0 Å². The number of allylic oxidation sites excluding steroid dienone is 6. The van der Waals surface area contributed by atoms with Crippen LogP contribution in [-0.4, -0.2) is 37.1 Å². The Kier molecular flexibility index (Phi) is 32.1. The average Bonchev–Trinajstić information content (AvgIpc) is 3.08. The van der Waals surface area contributed by atoms with Gasteiger partial charge in [-0.25, -0.2) is 0 Å². The SMILES string of the molecule is CCCCC/C=C\C/C=C\CCCCCCCCC(CCCCCCCC/C=C\CCCCCCCC)OC(=O)C1CCN(C)CC1. The summed E-state index contributed by atoms with van der Waals surface area (Å²) in [5.41, 5.74) is 0. The number of unbranched alkanes of at least 4 members (excludes halogenated alkanes) is 21. The Bertz CT molecular complexity index is 748. The van der Waals surface area contributed by atoms with E-state index in [9.17, 15) is 4.79 Å². The highest BCUT2D eigenvalue weighted by atomic mass is 16.5. The van der Waals surface area contributed by atoms with Gasteiger partial charge in [0.2, 0.25) is 0 Å². The van der Waals surface area contributed by atoms with Crippen LogP contribution in [0.1, 0.15) is 206 Å². The lowest BCUT2D eigenvalue weighted by Gasteiger charge is -2.29. The second-order valence-corrected chi connectivity index (χ2v) is 14.7. The molecule has 1 atom stereocenters. The normalized spacial score (nSPS) is 15.5. The highest BCUT2D eigenvalue weighted by molar-refractivity contribution is 5.72. The highest BCUT2D eigenvalue weighted by Crippen LogP contribution is 2.22. The van der Waals surface area contributed by atoms with Crippen LogP contribution in [-0.2, 0) is 9.53 Å². The van der Waals surface area contributed by atoms with Gasteiger partial charge in [-0.05, 0) is 116 Å². The van der Waals surface area contributed by atoms with Crippen LogP contribution in [0.25, 0.3) is 0 Å². The molecular formula is C44H81NO2. The maximum Gasteiger partial charge on any atom is 0.309 e. The number of carbonyl (C=O) groups excluding carboxylic acids is 1. The summed E-state index contributed by atoms with van der Waals surface area (Å²) in [6.07, 6.45) is 52.3. The van der Waals surface area contributed by atoms with E-state index >= 15 is 0 Å². The molecule has 0 saturated carbocycles. The number of hydrogen-bond donors (Lipinski definition) is 0. The van der Waals surface area contributed by atoms with Gasteiger partial charge in [0.05, 0.1) is 5.92 Å². The molecule has 0 spiro atoms. The summed E-state index contributed by atoms with van der Waals surface area (Å²) in [7, 11) is 2.16. The lowest BCUT2D eigenvalue weighted by atomic mass is 9.97. The fraction of sp³-hybridized carbons (Fsp3) is 0.841. The molecule has 0 aliphatic carbocycles. The minimum Gasteiger partial charge on any atom is -0.462 e. The third-order valence-corrected chi connectivity index (χ3v) is 10.1. The average molecular weight is 656 g/mol. The van der Waals surface area contributed by atoms with Crippen molar-refractivity contribution < 1.29 is 9.53 Å². The number of piperidine rings is 1. The molecular weight excluding hydrogens is 574 g/mol. The largest absolute Gasteiger partial charge is 0.462 e. The molecule has 1 heterocycles. The Hall–Kier alpha value is -1.35. The van der Waals surface area contributed by atoms with Gasteiger partial charge < -0.3 is 9.64 Å². The van der Waals surface area contributed by atoms with E-state index in [1.165, 1.54) is 161 Å². The van der Waals surface area contributed by atoms with E-state index in [1.54, 1.807) is 0 Å². The molecule has 47 heavy (non-hydrogen) atoms. The predicted octanol–water partition coefficient (Wildman–Crippen LogP) is 13.9. The zero-order chi connectivity index (χ0) is 33.9. The van der Waals surface area contributed by atoms with Crippen molar-refractivity contribution in [3.63, 3.8) is 0 Å². The van der Waals surface area contributed by atoms with E-state index in [4.69, 9.17) is 4.74 Å². The molecule has 1 saturated heterocycles.